The first-order valence-electron chi connectivity index (χ1n) is 10.4. The fraction of sp³-hybridized carbons (Fsp3) is 0.333. The van der Waals surface area contributed by atoms with E-state index >= 15 is 0 Å². The largest absolute Gasteiger partial charge is 0.490 e. The van der Waals surface area contributed by atoms with E-state index in [1.807, 2.05) is 57.2 Å². The molecule has 0 radical (unpaired) electrons. The summed E-state index contributed by atoms with van der Waals surface area (Å²) in [6, 6.07) is 13.8. The van der Waals surface area contributed by atoms with Gasteiger partial charge in [-0.05, 0) is 63.1 Å². The topological polar surface area (TPSA) is 65.4 Å². The molecule has 0 saturated heterocycles. The molecule has 0 bridgehead atoms. The molecule has 0 saturated carbocycles. The first-order valence-corrected chi connectivity index (χ1v) is 10.4. The molecule has 1 aromatic heterocycles. The number of para-hydroxylation sites is 2. The molecule has 0 fully saturated rings. The van der Waals surface area contributed by atoms with Crippen molar-refractivity contribution in [2.75, 3.05) is 19.8 Å². The quantitative estimate of drug-likeness (QED) is 0.401. The van der Waals surface area contributed by atoms with Crippen LogP contribution in [0.2, 0.25) is 0 Å². The molecule has 0 aliphatic carbocycles. The molecule has 30 heavy (non-hydrogen) atoms. The van der Waals surface area contributed by atoms with E-state index in [2.05, 4.69) is 20.9 Å². The second kappa shape index (κ2) is 10.5. The number of nitrogens with one attached hydrogen (secondary N) is 1. The van der Waals surface area contributed by atoms with Crippen molar-refractivity contribution in [1.29, 1.82) is 0 Å². The third kappa shape index (κ3) is 5.41. The lowest BCUT2D eigenvalue weighted by atomic mass is 10.2. The van der Waals surface area contributed by atoms with E-state index in [4.69, 9.17) is 9.47 Å². The maximum atomic E-state index is 12.2. The first-order chi connectivity index (χ1) is 14.6. The van der Waals surface area contributed by atoms with Gasteiger partial charge >= 0.3 is 0 Å². The van der Waals surface area contributed by atoms with Gasteiger partial charge in [-0.2, -0.15) is 0 Å². The Bertz CT molecular complexity index is 1020. The second-order valence-corrected chi connectivity index (χ2v) is 6.85. The predicted octanol–water partition coefficient (Wildman–Crippen LogP) is 4.36. The zero-order valence-corrected chi connectivity index (χ0v) is 17.9. The molecule has 3 aromatic rings. The number of amides is 1. The van der Waals surface area contributed by atoms with Crippen molar-refractivity contribution in [2.24, 2.45) is 0 Å². The van der Waals surface area contributed by atoms with E-state index in [1.165, 1.54) is 0 Å². The number of carbonyl (C=O) groups excluding carboxylic acids is 1. The zero-order valence-electron chi connectivity index (χ0n) is 17.9. The average Bonchev–Trinajstić information content (AvgIpc) is 3.06. The number of hydrogen-bond acceptors (Lipinski definition) is 4. The number of fused-ring (bicyclic) bond motifs is 1. The lowest BCUT2D eigenvalue weighted by Gasteiger charge is -2.11. The number of aromatic nitrogens is 2. The lowest BCUT2D eigenvalue weighted by Crippen LogP contribution is -2.23. The number of ether oxygens (including phenoxy) is 2. The molecular weight excluding hydrogens is 378 g/mol. The zero-order chi connectivity index (χ0) is 21.3. The molecule has 1 amide bonds. The van der Waals surface area contributed by atoms with E-state index < -0.39 is 0 Å². The van der Waals surface area contributed by atoms with Gasteiger partial charge in [-0.1, -0.05) is 18.2 Å². The van der Waals surface area contributed by atoms with Crippen LogP contribution < -0.4 is 14.8 Å². The highest BCUT2D eigenvalue weighted by molar-refractivity contribution is 5.91. The lowest BCUT2D eigenvalue weighted by molar-refractivity contribution is -0.116. The molecule has 1 N–H and O–H groups in total. The molecule has 6 nitrogen and oxygen atoms in total. The summed E-state index contributed by atoms with van der Waals surface area (Å²) >= 11 is 0. The predicted molar refractivity (Wildman–Crippen MR) is 120 cm³/mol. The molecule has 0 unspecified atom stereocenters. The van der Waals surface area contributed by atoms with Crippen LogP contribution in [0.25, 0.3) is 17.1 Å². The van der Waals surface area contributed by atoms with Gasteiger partial charge < -0.3 is 19.4 Å². The van der Waals surface area contributed by atoms with Gasteiger partial charge in [0.15, 0.2) is 11.5 Å². The van der Waals surface area contributed by atoms with Crippen molar-refractivity contribution < 1.29 is 14.3 Å². The van der Waals surface area contributed by atoms with Crippen LogP contribution in [0.15, 0.2) is 48.5 Å². The van der Waals surface area contributed by atoms with Crippen LogP contribution in [0.4, 0.5) is 0 Å². The van der Waals surface area contributed by atoms with Crippen molar-refractivity contribution in [3.05, 3.63) is 59.9 Å². The summed E-state index contributed by atoms with van der Waals surface area (Å²) in [5.74, 6) is 2.27. The Labute approximate surface area is 177 Å². The summed E-state index contributed by atoms with van der Waals surface area (Å²) in [5, 5.41) is 2.94. The minimum Gasteiger partial charge on any atom is -0.490 e. The highest BCUT2D eigenvalue weighted by atomic mass is 16.5. The van der Waals surface area contributed by atoms with E-state index in [0.717, 1.165) is 35.4 Å². The third-order valence-corrected chi connectivity index (χ3v) is 4.70. The Balaban J connectivity index is 1.51. The highest BCUT2D eigenvalue weighted by Crippen LogP contribution is 2.29. The summed E-state index contributed by atoms with van der Waals surface area (Å²) in [5.41, 5.74) is 3.02. The van der Waals surface area contributed by atoms with Gasteiger partial charge in [-0.15, -0.1) is 0 Å². The molecule has 0 aliphatic heterocycles. The smallest absolute Gasteiger partial charge is 0.244 e. The monoisotopic (exact) mass is 407 g/mol. The molecule has 158 valence electrons. The van der Waals surface area contributed by atoms with Crippen LogP contribution in [0.3, 0.4) is 0 Å². The van der Waals surface area contributed by atoms with Crippen molar-refractivity contribution in [3.8, 4) is 11.5 Å². The van der Waals surface area contributed by atoms with E-state index in [-0.39, 0.29) is 5.91 Å². The number of aryl methyl sites for hydroxylation is 2. The van der Waals surface area contributed by atoms with E-state index in [9.17, 15) is 4.79 Å². The summed E-state index contributed by atoms with van der Waals surface area (Å²) in [6.45, 7) is 8.42. The second-order valence-electron chi connectivity index (χ2n) is 6.85. The summed E-state index contributed by atoms with van der Waals surface area (Å²) in [6.07, 6.45) is 4.16. The molecule has 0 spiro atoms. The molecule has 2 aromatic carbocycles. The number of hydrogen-bond donors (Lipinski definition) is 1. The Morgan fingerprint density at radius 2 is 1.87 bits per heavy atom. The Kier molecular flexibility index (Phi) is 7.49. The normalized spacial score (nSPS) is 11.2. The summed E-state index contributed by atoms with van der Waals surface area (Å²) in [4.78, 5) is 16.7. The Morgan fingerprint density at radius 3 is 2.67 bits per heavy atom. The van der Waals surface area contributed by atoms with Crippen LogP contribution in [0.5, 0.6) is 11.5 Å². The van der Waals surface area contributed by atoms with E-state index in [1.54, 1.807) is 12.2 Å². The number of rotatable bonds is 10. The molecular formula is C24H29N3O3. The highest BCUT2D eigenvalue weighted by Gasteiger charge is 2.07. The Morgan fingerprint density at radius 1 is 1.10 bits per heavy atom. The SMILES string of the molecule is CCOc1ccc(C=CC(=O)NCCCn2c(C)nc3ccccc32)cc1OCC. The molecule has 0 atom stereocenters. The standard InChI is InChI=1S/C24H29N3O3/c1-4-29-22-13-11-19(17-23(22)30-5-2)12-14-24(28)25-15-8-16-27-18(3)26-20-9-6-7-10-21(20)27/h6-7,9-14,17H,4-5,8,15-16H2,1-3H3,(H,25,28). The first kappa shape index (κ1) is 21.4. The van der Waals surface area contributed by atoms with E-state index in [0.29, 0.717) is 31.3 Å². The van der Waals surface area contributed by atoms with Crippen molar-refractivity contribution >= 4 is 23.0 Å². The van der Waals surface area contributed by atoms with Gasteiger partial charge in [0.2, 0.25) is 5.91 Å². The number of benzene rings is 2. The van der Waals surface area contributed by atoms with Crippen molar-refractivity contribution in [2.45, 2.75) is 33.7 Å². The maximum absolute atomic E-state index is 12.2. The van der Waals surface area contributed by atoms with Crippen molar-refractivity contribution in [1.82, 2.24) is 14.9 Å². The van der Waals surface area contributed by atoms with Crippen LogP contribution in [0.1, 0.15) is 31.7 Å². The van der Waals surface area contributed by atoms with Crippen LogP contribution in [0, 0.1) is 6.92 Å². The molecule has 6 heteroatoms. The molecule has 3 rings (SSSR count). The molecule has 1 heterocycles. The third-order valence-electron chi connectivity index (χ3n) is 4.70. The fourth-order valence-electron chi connectivity index (χ4n) is 3.33. The van der Waals surface area contributed by atoms with Crippen LogP contribution in [-0.2, 0) is 11.3 Å². The average molecular weight is 408 g/mol. The number of carbonyl (C=O) groups is 1. The van der Waals surface area contributed by atoms with Gasteiger partial charge in [-0.25, -0.2) is 4.98 Å². The van der Waals surface area contributed by atoms with Gasteiger partial charge in [0.05, 0.1) is 24.2 Å². The van der Waals surface area contributed by atoms with Gasteiger partial charge in [0.25, 0.3) is 0 Å². The maximum Gasteiger partial charge on any atom is 0.244 e. The van der Waals surface area contributed by atoms with Gasteiger partial charge in [0.1, 0.15) is 5.82 Å². The van der Waals surface area contributed by atoms with Crippen LogP contribution in [-0.4, -0.2) is 35.2 Å². The van der Waals surface area contributed by atoms with Gasteiger partial charge in [-0.3, -0.25) is 4.79 Å². The molecule has 0 aliphatic rings. The number of nitrogens with zero attached hydrogens (tertiary/aromatic N) is 2. The fourth-order valence-corrected chi connectivity index (χ4v) is 3.33. The van der Waals surface area contributed by atoms with Crippen molar-refractivity contribution in [3.63, 3.8) is 0 Å². The minimum atomic E-state index is -0.117. The number of imidazole rings is 1. The summed E-state index contributed by atoms with van der Waals surface area (Å²) < 4.78 is 13.4. The van der Waals surface area contributed by atoms with Crippen LogP contribution >= 0.6 is 0 Å². The minimum absolute atomic E-state index is 0.117. The Hall–Kier alpha value is -3.28. The summed E-state index contributed by atoms with van der Waals surface area (Å²) in [7, 11) is 0. The van der Waals surface area contributed by atoms with Gasteiger partial charge in [0, 0.05) is 19.2 Å².